The average Bonchev–Trinajstić information content (AvgIpc) is 2.62. The Morgan fingerprint density at radius 1 is 1.12 bits per heavy atom. The first-order valence-electron chi connectivity index (χ1n) is 8.05. The zero-order chi connectivity index (χ0) is 16.8. The van der Waals surface area contributed by atoms with Crippen molar-refractivity contribution in [2.75, 3.05) is 11.9 Å². The standard InChI is InChI=1S/C19H20N2O3/c22-18-12-15(10-11-20-18)19(23)21-16-8-6-14(7-9-16)13-24-17-4-2-1-3-5-17/h1-9,15H,10-13H2,(H,20,22)(H,21,23)/t15-/m1/s1. The molecule has 2 N–H and O–H groups in total. The molecule has 0 unspecified atom stereocenters. The van der Waals surface area contributed by atoms with Crippen LogP contribution in [0, 0.1) is 5.92 Å². The molecule has 0 bridgehead atoms. The molecule has 0 radical (unpaired) electrons. The summed E-state index contributed by atoms with van der Waals surface area (Å²) in [5.74, 6) is 0.415. The molecular weight excluding hydrogens is 304 g/mol. The molecule has 1 aliphatic heterocycles. The van der Waals surface area contributed by atoms with Gasteiger partial charge in [-0.25, -0.2) is 0 Å². The van der Waals surface area contributed by atoms with Crippen molar-refractivity contribution < 1.29 is 14.3 Å². The first kappa shape index (κ1) is 16.1. The molecule has 124 valence electrons. The van der Waals surface area contributed by atoms with Gasteiger partial charge in [0.2, 0.25) is 11.8 Å². The number of hydrogen-bond acceptors (Lipinski definition) is 3. The van der Waals surface area contributed by atoms with Crippen LogP contribution >= 0.6 is 0 Å². The largest absolute Gasteiger partial charge is 0.489 e. The number of ether oxygens (including phenoxy) is 1. The lowest BCUT2D eigenvalue weighted by molar-refractivity contribution is -0.129. The number of piperidine rings is 1. The van der Waals surface area contributed by atoms with Crippen molar-refractivity contribution in [1.29, 1.82) is 0 Å². The summed E-state index contributed by atoms with van der Waals surface area (Å²) in [6.07, 6.45) is 0.940. The van der Waals surface area contributed by atoms with Crippen LogP contribution in [-0.4, -0.2) is 18.4 Å². The van der Waals surface area contributed by atoms with E-state index in [4.69, 9.17) is 4.74 Å². The summed E-state index contributed by atoms with van der Waals surface area (Å²) in [5.41, 5.74) is 1.75. The minimum Gasteiger partial charge on any atom is -0.489 e. The average molecular weight is 324 g/mol. The number of rotatable bonds is 5. The molecule has 0 saturated carbocycles. The number of amides is 2. The molecule has 1 saturated heterocycles. The predicted molar refractivity (Wildman–Crippen MR) is 91.6 cm³/mol. The normalized spacial score (nSPS) is 17.0. The summed E-state index contributed by atoms with van der Waals surface area (Å²) < 4.78 is 5.69. The minimum absolute atomic E-state index is 0.0604. The molecule has 2 aromatic rings. The van der Waals surface area contributed by atoms with Gasteiger partial charge >= 0.3 is 0 Å². The van der Waals surface area contributed by atoms with Gasteiger partial charge in [-0.15, -0.1) is 0 Å². The van der Waals surface area contributed by atoms with E-state index in [9.17, 15) is 9.59 Å². The van der Waals surface area contributed by atoms with Gasteiger partial charge in [0.1, 0.15) is 12.4 Å². The van der Waals surface area contributed by atoms with E-state index in [-0.39, 0.29) is 24.2 Å². The van der Waals surface area contributed by atoms with Crippen LogP contribution in [0.1, 0.15) is 18.4 Å². The third-order valence-electron chi connectivity index (χ3n) is 3.99. The van der Waals surface area contributed by atoms with Crippen molar-refractivity contribution in [3.05, 3.63) is 60.2 Å². The number of hydrogen-bond donors (Lipinski definition) is 2. The molecule has 0 aliphatic carbocycles. The summed E-state index contributed by atoms with van der Waals surface area (Å²) in [4.78, 5) is 23.6. The molecule has 1 aliphatic rings. The zero-order valence-electron chi connectivity index (χ0n) is 13.3. The quantitative estimate of drug-likeness (QED) is 0.888. The Balaban J connectivity index is 1.52. The monoisotopic (exact) mass is 324 g/mol. The van der Waals surface area contributed by atoms with Crippen LogP contribution in [0.25, 0.3) is 0 Å². The van der Waals surface area contributed by atoms with E-state index in [1.807, 2.05) is 54.6 Å². The fourth-order valence-corrected chi connectivity index (χ4v) is 2.62. The summed E-state index contributed by atoms with van der Waals surface area (Å²) in [5, 5.41) is 5.61. The van der Waals surface area contributed by atoms with Crippen molar-refractivity contribution >= 4 is 17.5 Å². The number of nitrogens with one attached hydrogen (secondary N) is 2. The van der Waals surface area contributed by atoms with Gasteiger partial charge in [-0.2, -0.15) is 0 Å². The SMILES string of the molecule is O=C1C[C@H](C(=O)Nc2ccc(COc3ccccc3)cc2)CCN1. The van der Waals surface area contributed by atoms with Gasteiger partial charge in [0, 0.05) is 24.6 Å². The number of para-hydroxylation sites is 1. The van der Waals surface area contributed by atoms with Crippen LogP contribution in [0.15, 0.2) is 54.6 Å². The van der Waals surface area contributed by atoms with E-state index < -0.39 is 0 Å². The maximum absolute atomic E-state index is 12.2. The van der Waals surface area contributed by atoms with E-state index in [2.05, 4.69) is 10.6 Å². The van der Waals surface area contributed by atoms with Crippen LogP contribution in [0.2, 0.25) is 0 Å². The maximum Gasteiger partial charge on any atom is 0.228 e. The van der Waals surface area contributed by atoms with Crippen LogP contribution in [0.3, 0.4) is 0 Å². The van der Waals surface area contributed by atoms with Crippen molar-refractivity contribution in [3.8, 4) is 5.75 Å². The van der Waals surface area contributed by atoms with Gasteiger partial charge in [0.05, 0.1) is 0 Å². The highest BCUT2D eigenvalue weighted by Crippen LogP contribution is 2.17. The number of carbonyl (C=O) groups is 2. The van der Waals surface area contributed by atoms with E-state index in [0.29, 0.717) is 19.6 Å². The van der Waals surface area contributed by atoms with Crippen molar-refractivity contribution in [2.45, 2.75) is 19.4 Å². The molecule has 0 spiro atoms. The molecule has 2 aromatic carbocycles. The van der Waals surface area contributed by atoms with Gasteiger partial charge < -0.3 is 15.4 Å². The molecule has 0 aromatic heterocycles. The van der Waals surface area contributed by atoms with Gasteiger partial charge in [-0.05, 0) is 36.2 Å². The summed E-state index contributed by atoms with van der Waals surface area (Å²) in [6.45, 7) is 1.04. The number of carbonyl (C=O) groups excluding carboxylic acids is 2. The Kier molecular flexibility index (Phi) is 5.11. The van der Waals surface area contributed by atoms with Crippen molar-refractivity contribution in [3.63, 3.8) is 0 Å². The summed E-state index contributed by atoms with van der Waals surface area (Å²) in [7, 11) is 0. The Hall–Kier alpha value is -2.82. The molecule has 5 heteroatoms. The summed E-state index contributed by atoms with van der Waals surface area (Å²) in [6, 6.07) is 17.2. The van der Waals surface area contributed by atoms with Crippen LogP contribution in [0.4, 0.5) is 5.69 Å². The number of benzene rings is 2. The van der Waals surface area contributed by atoms with Crippen molar-refractivity contribution in [2.24, 2.45) is 5.92 Å². The van der Waals surface area contributed by atoms with Crippen molar-refractivity contribution in [1.82, 2.24) is 5.32 Å². The third kappa shape index (κ3) is 4.35. The number of anilines is 1. The van der Waals surface area contributed by atoms with Crippen LogP contribution < -0.4 is 15.4 Å². The molecule has 1 atom stereocenters. The van der Waals surface area contributed by atoms with Crippen LogP contribution in [-0.2, 0) is 16.2 Å². The first-order chi connectivity index (χ1) is 11.7. The lowest BCUT2D eigenvalue weighted by Crippen LogP contribution is -2.38. The molecule has 5 nitrogen and oxygen atoms in total. The Morgan fingerprint density at radius 3 is 2.58 bits per heavy atom. The third-order valence-corrected chi connectivity index (χ3v) is 3.99. The smallest absolute Gasteiger partial charge is 0.228 e. The van der Waals surface area contributed by atoms with E-state index in [1.54, 1.807) is 0 Å². The second-order valence-electron chi connectivity index (χ2n) is 5.83. The van der Waals surface area contributed by atoms with Gasteiger partial charge in [-0.1, -0.05) is 30.3 Å². The van der Waals surface area contributed by atoms with E-state index >= 15 is 0 Å². The highest BCUT2D eigenvalue weighted by atomic mass is 16.5. The Bertz CT molecular complexity index is 698. The maximum atomic E-state index is 12.2. The van der Waals surface area contributed by atoms with Gasteiger partial charge in [0.15, 0.2) is 0 Å². The highest BCUT2D eigenvalue weighted by Gasteiger charge is 2.25. The zero-order valence-corrected chi connectivity index (χ0v) is 13.3. The second-order valence-corrected chi connectivity index (χ2v) is 5.83. The molecule has 3 rings (SSSR count). The Labute approximate surface area is 141 Å². The second kappa shape index (κ2) is 7.64. The van der Waals surface area contributed by atoms with E-state index in [0.717, 1.165) is 17.0 Å². The molecule has 1 fully saturated rings. The molecule has 24 heavy (non-hydrogen) atoms. The molecule has 1 heterocycles. The molecule has 2 amide bonds. The summed E-state index contributed by atoms with van der Waals surface area (Å²) >= 11 is 0. The van der Waals surface area contributed by atoms with Gasteiger partial charge in [-0.3, -0.25) is 9.59 Å². The first-order valence-corrected chi connectivity index (χ1v) is 8.05. The lowest BCUT2D eigenvalue weighted by Gasteiger charge is -2.21. The Morgan fingerprint density at radius 2 is 1.88 bits per heavy atom. The van der Waals surface area contributed by atoms with Crippen LogP contribution in [0.5, 0.6) is 5.75 Å². The van der Waals surface area contributed by atoms with E-state index in [1.165, 1.54) is 0 Å². The minimum atomic E-state index is -0.250. The fourth-order valence-electron chi connectivity index (χ4n) is 2.62. The molecular formula is C19H20N2O3. The highest BCUT2D eigenvalue weighted by molar-refractivity contribution is 5.95. The lowest BCUT2D eigenvalue weighted by atomic mass is 9.96. The predicted octanol–water partition coefficient (Wildman–Crippen LogP) is 2.73. The topological polar surface area (TPSA) is 67.4 Å². The fraction of sp³-hybridized carbons (Fsp3) is 0.263. The van der Waals surface area contributed by atoms with Gasteiger partial charge in [0.25, 0.3) is 0 Å².